The number of H-pyrrole nitrogens is 2. The molecule has 2 aliphatic rings. The number of likely N-dealkylation sites (N-methyl/N-ethyl adjacent to an activating group) is 1. The highest BCUT2D eigenvalue weighted by atomic mass is 16.5. The molecule has 15 nitrogen and oxygen atoms in total. The molecule has 2 fully saturated rings. The molecule has 3 aromatic heterocycles. The first-order valence-electron chi connectivity index (χ1n) is 18.7. The van der Waals surface area contributed by atoms with Crippen molar-refractivity contribution in [1.82, 2.24) is 44.9 Å². The maximum atomic E-state index is 13.9. The Morgan fingerprint density at radius 1 is 0.804 bits per heavy atom. The lowest BCUT2D eigenvalue weighted by Crippen LogP contribution is -2.50. The number of pyridine rings is 1. The van der Waals surface area contributed by atoms with Crippen LogP contribution in [0.2, 0.25) is 0 Å². The highest BCUT2D eigenvalue weighted by Crippen LogP contribution is 2.35. The zero-order valence-electron chi connectivity index (χ0n) is 31.5. The van der Waals surface area contributed by atoms with E-state index in [1.165, 1.54) is 14.2 Å². The fourth-order valence-corrected chi connectivity index (χ4v) is 7.60. The second kappa shape index (κ2) is 16.5. The van der Waals surface area contributed by atoms with E-state index in [-0.39, 0.29) is 30.3 Å². The predicted molar refractivity (Wildman–Crippen MR) is 207 cm³/mol. The topological polar surface area (TPSA) is 190 Å². The van der Waals surface area contributed by atoms with Crippen molar-refractivity contribution in [3.8, 4) is 33.6 Å². The molecule has 2 aliphatic heterocycles. The van der Waals surface area contributed by atoms with E-state index in [1.54, 1.807) is 47.4 Å². The van der Waals surface area contributed by atoms with Crippen LogP contribution in [-0.2, 0) is 20.7 Å². The number of rotatable bonds is 11. The van der Waals surface area contributed by atoms with Gasteiger partial charge in [0, 0.05) is 38.4 Å². The lowest BCUT2D eigenvalue weighted by atomic mass is 10.0. The van der Waals surface area contributed by atoms with E-state index in [0.717, 1.165) is 64.2 Å². The predicted octanol–water partition coefficient (Wildman–Crippen LogP) is 5.82. The van der Waals surface area contributed by atoms with Crippen LogP contribution in [0.25, 0.3) is 33.6 Å². The number of carbonyl (C=O) groups is 4. The number of ether oxygens (including phenoxy) is 1. The number of aromatic nitrogens is 5. The summed E-state index contributed by atoms with van der Waals surface area (Å²) in [5.74, 6) is 0.929. The number of alkyl carbamates (subject to hydrolysis) is 1. The number of likely N-dealkylation sites (tertiary alicyclic amines) is 2. The lowest BCUT2D eigenvalue weighted by Gasteiger charge is -2.31. The van der Waals surface area contributed by atoms with Crippen molar-refractivity contribution in [3.63, 3.8) is 0 Å². The fraction of sp³-hybridized carbons (Fsp3) is 0.341. The molecule has 4 amide bonds. The average Bonchev–Trinajstić information content (AvgIpc) is 4.07. The van der Waals surface area contributed by atoms with E-state index in [4.69, 9.17) is 0 Å². The van der Waals surface area contributed by atoms with Crippen LogP contribution >= 0.6 is 0 Å². The van der Waals surface area contributed by atoms with Crippen molar-refractivity contribution in [1.29, 1.82) is 0 Å². The van der Waals surface area contributed by atoms with Gasteiger partial charge in [-0.15, -0.1) is 0 Å². The Kier molecular flexibility index (Phi) is 11.1. The third-order valence-corrected chi connectivity index (χ3v) is 10.7. The van der Waals surface area contributed by atoms with Gasteiger partial charge in [0.25, 0.3) is 0 Å². The number of hydrogen-bond donors (Lipinski definition) is 4. The number of carboxylic acid groups (broad SMARTS) is 1. The summed E-state index contributed by atoms with van der Waals surface area (Å²) in [4.78, 5) is 75.6. The third kappa shape index (κ3) is 7.97. The summed E-state index contributed by atoms with van der Waals surface area (Å²) >= 11 is 0. The van der Waals surface area contributed by atoms with Gasteiger partial charge in [0.05, 0.1) is 43.0 Å². The van der Waals surface area contributed by atoms with E-state index >= 15 is 0 Å². The molecule has 0 unspecified atom stereocenters. The number of carbonyl (C=O) groups excluding carboxylic acids is 3. The van der Waals surface area contributed by atoms with Gasteiger partial charge in [0.2, 0.25) is 11.8 Å². The number of nitrogens with one attached hydrogen (secondary N) is 3. The summed E-state index contributed by atoms with van der Waals surface area (Å²) in [6.45, 7) is 2.75. The van der Waals surface area contributed by atoms with Crippen LogP contribution in [0.5, 0.6) is 0 Å². The largest absolute Gasteiger partial charge is 0.465 e. The first kappa shape index (κ1) is 37.8. The van der Waals surface area contributed by atoms with E-state index in [1.807, 2.05) is 30.3 Å². The number of nitrogens with zero attached hydrogens (tertiary/aromatic N) is 6. The van der Waals surface area contributed by atoms with Crippen molar-refractivity contribution in [3.05, 3.63) is 103 Å². The van der Waals surface area contributed by atoms with E-state index in [0.29, 0.717) is 30.4 Å². The molecule has 4 N–H and O–H groups in total. The second-order valence-corrected chi connectivity index (χ2v) is 14.2. The number of methoxy groups -OCH3 is 1. The molecule has 290 valence electrons. The zero-order chi connectivity index (χ0) is 39.3. The van der Waals surface area contributed by atoms with Gasteiger partial charge in [0.1, 0.15) is 23.7 Å². The molecule has 5 heterocycles. The minimum Gasteiger partial charge on any atom is -0.465 e. The molecular formula is C41H45N9O6. The number of imidazole rings is 2. The van der Waals surface area contributed by atoms with Gasteiger partial charge >= 0.3 is 12.2 Å². The Balaban J connectivity index is 1.00. The molecular weight excluding hydrogens is 715 g/mol. The Labute approximate surface area is 324 Å². The number of aromatic amines is 2. The maximum Gasteiger partial charge on any atom is 0.407 e. The molecule has 2 saturated heterocycles. The van der Waals surface area contributed by atoms with Crippen LogP contribution in [0.15, 0.2) is 85.3 Å². The smallest absolute Gasteiger partial charge is 0.407 e. The van der Waals surface area contributed by atoms with Crippen molar-refractivity contribution >= 4 is 24.0 Å². The number of hydrogen-bond acceptors (Lipinski definition) is 8. The van der Waals surface area contributed by atoms with Crippen molar-refractivity contribution in [2.24, 2.45) is 0 Å². The molecule has 0 saturated carbocycles. The minimum absolute atomic E-state index is 0.177. The highest BCUT2D eigenvalue weighted by Gasteiger charge is 2.39. The first-order valence-corrected chi connectivity index (χ1v) is 18.7. The molecule has 0 radical (unpaired) electrons. The Bertz CT molecular complexity index is 2170. The molecule has 56 heavy (non-hydrogen) atoms. The summed E-state index contributed by atoms with van der Waals surface area (Å²) < 4.78 is 4.64. The lowest BCUT2D eigenvalue weighted by molar-refractivity contribution is -0.137. The summed E-state index contributed by atoms with van der Waals surface area (Å²) in [5.41, 5.74) is 6.29. The summed E-state index contributed by atoms with van der Waals surface area (Å²) in [6.07, 6.45) is 6.66. The van der Waals surface area contributed by atoms with Gasteiger partial charge in [-0.2, -0.15) is 0 Å². The number of benzene rings is 2. The Morgan fingerprint density at radius 2 is 1.32 bits per heavy atom. The maximum absolute atomic E-state index is 13.9. The SMILES string of the molecule is COC(=O)N[C@@H](C)C(=O)N1CCC[C@H]1c1ncc(-c2ccc(-c3ccc(-c4cnc([C@@H]5CCCN5C(=O)[C@H](Cc5ccccn5)N(C)C(=O)O)[nH]4)cc3)cc2)[nH]1. The Hall–Kier alpha value is -6.51. The van der Waals surface area contributed by atoms with Gasteiger partial charge in [-0.3, -0.25) is 19.5 Å². The average molecular weight is 760 g/mol. The van der Waals surface area contributed by atoms with Crippen LogP contribution in [0.3, 0.4) is 0 Å². The van der Waals surface area contributed by atoms with Crippen LogP contribution in [0, 0.1) is 0 Å². The van der Waals surface area contributed by atoms with Gasteiger partial charge < -0.3 is 34.9 Å². The van der Waals surface area contributed by atoms with E-state index in [2.05, 4.69) is 59.2 Å². The van der Waals surface area contributed by atoms with Crippen LogP contribution in [0.1, 0.15) is 62.0 Å². The normalized spacial score (nSPS) is 17.7. The summed E-state index contributed by atoms with van der Waals surface area (Å²) in [5, 5.41) is 12.3. The molecule has 2 aromatic carbocycles. The fourth-order valence-electron chi connectivity index (χ4n) is 7.60. The van der Waals surface area contributed by atoms with E-state index in [9.17, 15) is 24.3 Å². The highest BCUT2D eigenvalue weighted by molar-refractivity contribution is 5.87. The van der Waals surface area contributed by atoms with Crippen molar-refractivity contribution in [2.75, 3.05) is 27.2 Å². The van der Waals surface area contributed by atoms with Gasteiger partial charge in [-0.1, -0.05) is 54.6 Å². The molecule has 0 spiro atoms. The van der Waals surface area contributed by atoms with Gasteiger partial charge in [-0.25, -0.2) is 19.6 Å². The van der Waals surface area contributed by atoms with Crippen LogP contribution < -0.4 is 5.32 Å². The molecule has 7 rings (SSSR count). The van der Waals surface area contributed by atoms with Crippen molar-refractivity contribution in [2.45, 2.75) is 63.2 Å². The molecule has 0 aliphatic carbocycles. The quantitative estimate of drug-likeness (QED) is 0.129. The van der Waals surface area contributed by atoms with Gasteiger partial charge in [0.15, 0.2) is 0 Å². The summed E-state index contributed by atoms with van der Waals surface area (Å²) in [7, 11) is 2.69. The monoisotopic (exact) mass is 759 g/mol. The second-order valence-electron chi connectivity index (χ2n) is 14.2. The molecule has 4 atom stereocenters. The molecule has 5 aromatic rings. The van der Waals surface area contributed by atoms with Crippen LogP contribution in [-0.4, -0.2) is 108 Å². The number of amides is 4. The van der Waals surface area contributed by atoms with Crippen LogP contribution in [0.4, 0.5) is 9.59 Å². The first-order chi connectivity index (χ1) is 27.1. The Morgan fingerprint density at radius 3 is 1.80 bits per heavy atom. The van der Waals surface area contributed by atoms with Crippen molar-refractivity contribution < 1.29 is 29.0 Å². The zero-order valence-corrected chi connectivity index (χ0v) is 31.5. The third-order valence-electron chi connectivity index (χ3n) is 10.7. The summed E-state index contributed by atoms with van der Waals surface area (Å²) in [6, 6.07) is 19.6. The standard InChI is InChI=1S/C41H45N9O6/c1-25(45-40(53)56-3)38(51)49-20-6-9-33(49)36-43-23-31(46-36)28-15-11-26(12-16-28)27-13-17-29(18-14-27)32-24-44-37(47-32)34-10-7-21-50(34)39(52)35(48(2)41(54)55)22-30-8-4-5-19-42-30/h4-5,8,11-19,23-25,33-35H,6-7,9-10,20-22H2,1-3H3,(H,43,46)(H,44,47)(H,45,53)(H,54,55)/t25-,33-,34-,35-/m0/s1. The molecule has 15 heteroatoms. The molecule has 0 bridgehead atoms. The van der Waals surface area contributed by atoms with Gasteiger partial charge in [-0.05, 0) is 67.0 Å². The van der Waals surface area contributed by atoms with E-state index < -0.39 is 24.3 Å². The minimum atomic E-state index is -1.17.